The SMILES string of the molecule is Cc1cc(C)c(C[C@@H](O)CCN)c(C)c1. The van der Waals surface area contributed by atoms with E-state index >= 15 is 0 Å². The Labute approximate surface area is 92.1 Å². The molecule has 15 heavy (non-hydrogen) atoms. The Morgan fingerprint density at radius 3 is 2.20 bits per heavy atom. The fraction of sp³-hybridized carbons (Fsp3) is 0.538. The van der Waals surface area contributed by atoms with E-state index in [1.54, 1.807) is 0 Å². The maximum absolute atomic E-state index is 9.74. The van der Waals surface area contributed by atoms with Crippen LogP contribution in [0.5, 0.6) is 0 Å². The zero-order valence-electron chi connectivity index (χ0n) is 9.88. The van der Waals surface area contributed by atoms with E-state index < -0.39 is 0 Å². The lowest BCUT2D eigenvalue weighted by atomic mass is 9.94. The van der Waals surface area contributed by atoms with Crippen LogP contribution in [-0.4, -0.2) is 17.8 Å². The summed E-state index contributed by atoms with van der Waals surface area (Å²) in [6.45, 7) is 6.85. The second kappa shape index (κ2) is 5.29. The highest BCUT2D eigenvalue weighted by atomic mass is 16.3. The van der Waals surface area contributed by atoms with Crippen LogP contribution in [0, 0.1) is 20.8 Å². The Morgan fingerprint density at radius 2 is 1.73 bits per heavy atom. The number of aryl methyl sites for hydroxylation is 3. The molecule has 0 saturated heterocycles. The predicted octanol–water partition coefficient (Wildman–Crippen LogP) is 1.86. The molecule has 2 nitrogen and oxygen atoms in total. The molecule has 3 N–H and O–H groups in total. The molecule has 84 valence electrons. The third-order valence-electron chi connectivity index (χ3n) is 2.78. The molecule has 0 saturated carbocycles. The summed E-state index contributed by atoms with van der Waals surface area (Å²) in [7, 11) is 0. The average molecular weight is 207 g/mol. The van der Waals surface area contributed by atoms with Gasteiger partial charge in [-0.25, -0.2) is 0 Å². The van der Waals surface area contributed by atoms with E-state index in [2.05, 4.69) is 32.9 Å². The van der Waals surface area contributed by atoms with Gasteiger partial charge in [-0.2, -0.15) is 0 Å². The fourth-order valence-corrected chi connectivity index (χ4v) is 2.06. The first-order chi connectivity index (χ1) is 7.04. The molecule has 1 rings (SSSR count). The Bertz CT molecular complexity index is 310. The van der Waals surface area contributed by atoms with Gasteiger partial charge in [0.25, 0.3) is 0 Å². The second-order valence-electron chi connectivity index (χ2n) is 4.31. The van der Waals surface area contributed by atoms with Crippen LogP contribution in [0.2, 0.25) is 0 Å². The molecule has 2 heteroatoms. The fourth-order valence-electron chi connectivity index (χ4n) is 2.06. The summed E-state index contributed by atoms with van der Waals surface area (Å²) >= 11 is 0. The van der Waals surface area contributed by atoms with Crippen LogP contribution in [0.4, 0.5) is 0 Å². The molecule has 0 aromatic heterocycles. The number of aliphatic hydroxyl groups is 1. The zero-order chi connectivity index (χ0) is 11.4. The normalized spacial score (nSPS) is 12.9. The molecule has 1 aromatic rings. The van der Waals surface area contributed by atoms with Gasteiger partial charge in [-0.15, -0.1) is 0 Å². The van der Waals surface area contributed by atoms with Crippen molar-refractivity contribution in [1.82, 2.24) is 0 Å². The molecule has 0 amide bonds. The Hall–Kier alpha value is -0.860. The Kier molecular flexibility index (Phi) is 4.30. The summed E-state index contributed by atoms with van der Waals surface area (Å²) in [5.41, 5.74) is 10.5. The molecule has 0 spiro atoms. The number of aliphatic hydroxyl groups excluding tert-OH is 1. The number of rotatable bonds is 4. The summed E-state index contributed by atoms with van der Waals surface area (Å²) in [4.78, 5) is 0. The Balaban J connectivity index is 2.85. The van der Waals surface area contributed by atoms with Crippen LogP contribution in [0.1, 0.15) is 28.7 Å². The van der Waals surface area contributed by atoms with Gasteiger partial charge in [0.15, 0.2) is 0 Å². The summed E-state index contributed by atoms with van der Waals surface area (Å²) in [5, 5.41) is 9.74. The van der Waals surface area contributed by atoms with E-state index in [1.165, 1.54) is 22.3 Å². The van der Waals surface area contributed by atoms with Crippen molar-refractivity contribution in [2.75, 3.05) is 6.54 Å². The topological polar surface area (TPSA) is 46.2 Å². The van der Waals surface area contributed by atoms with Gasteiger partial charge >= 0.3 is 0 Å². The molecule has 0 aliphatic rings. The smallest absolute Gasteiger partial charge is 0.0592 e. The van der Waals surface area contributed by atoms with E-state index in [1.807, 2.05) is 0 Å². The molecule has 0 aliphatic carbocycles. The molecule has 0 unspecified atom stereocenters. The lowest BCUT2D eigenvalue weighted by molar-refractivity contribution is 0.167. The first kappa shape index (κ1) is 12.2. The van der Waals surface area contributed by atoms with Gasteiger partial charge < -0.3 is 10.8 Å². The highest BCUT2D eigenvalue weighted by Gasteiger charge is 2.09. The van der Waals surface area contributed by atoms with Gasteiger partial charge in [0.05, 0.1) is 6.10 Å². The standard InChI is InChI=1S/C13H21NO/c1-9-6-10(2)13(11(3)7-9)8-12(15)4-5-14/h6-7,12,15H,4-5,8,14H2,1-3H3/t12-/m0/s1. The summed E-state index contributed by atoms with van der Waals surface area (Å²) < 4.78 is 0. The van der Waals surface area contributed by atoms with Crippen LogP contribution in [0.15, 0.2) is 12.1 Å². The van der Waals surface area contributed by atoms with Crippen molar-refractivity contribution in [2.45, 2.75) is 39.7 Å². The quantitative estimate of drug-likeness (QED) is 0.791. The van der Waals surface area contributed by atoms with Gasteiger partial charge in [-0.1, -0.05) is 17.7 Å². The molecule has 1 atom stereocenters. The number of benzene rings is 1. The maximum Gasteiger partial charge on any atom is 0.0592 e. The van der Waals surface area contributed by atoms with E-state index in [-0.39, 0.29) is 6.10 Å². The average Bonchev–Trinajstić information content (AvgIpc) is 2.11. The van der Waals surface area contributed by atoms with Crippen molar-refractivity contribution in [3.63, 3.8) is 0 Å². The van der Waals surface area contributed by atoms with Crippen molar-refractivity contribution in [3.8, 4) is 0 Å². The van der Waals surface area contributed by atoms with E-state index in [0.717, 1.165) is 6.42 Å². The number of hydrogen-bond acceptors (Lipinski definition) is 2. The maximum atomic E-state index is 9.74. The lowest BCUT2D eigenvalue weighted by Crippen LogP contribution is -2.17. The van der Waals surface area contributed by atoms with E-state index in [0.29, 0.717) is 13.0 Å². The first-order valence-electron chi connectivity index (χ1n) is 5.49. The zero-order valence-corrected chi connectivity index (χ0v) is 9.88. The molecular weight excluding hydrogens is 186 g/mol. The van der Waals surface area contributed by atoms with Crippen molar-refractivity contribution < 1.29 is 5.11 Å². The third-order valence-corrected chi connectivity index (χ3v) is 2.78. The van der Waals surface area contributed by atoms with Gasteiger partial charge in [0.1, 0.15) is 0 Å². The molecular formula is C13H21NO. The summed E-state index contributed by atoms with van der Waals surface area (Å²) in [6, 6.07) is 4.33. The van der Waals surface area contributed by atoms with Crippen LogP contribution in [0.25, 0.3) is 0 Å². The molecule has 0 bridgehead atoms. The number of hydrogen-bond donors (Lipinski definition) is 2. The van der Waals surface area contributed by atoms with Crippen LogP contribution < -0.4 is 5.73 Å². The molecule has 0 fully saturated rings. The van der Waals surface area contributed by atoms with Crippen LogP contribution in [-0.2, 0) is 6.42 Å². The first-order valence-corrected chi connectivity index (χ1v) is 5.49. The number of nitrogens with two attached hydrogens (primary N) is 1. The largest absolute Gasteiger partial charge is 0.393 e. The van der Waals surface area contributed by atoms with E-state index in [9.17, 15) is 5.11 Å². The minimum Gasteiger partial charge on any atom is -0.393 e. The van der Waals surface area contributed by atoms with Crippen molar-refractivity contribution in [2.24, 2.45) is 5.73 Å². The minimum absolute atomic E-state index is 0.310. The molecule has 0 aliphatic heterocycles. The van der Waals surface area contributed by atoms with Crippen molar-refractivity contribution in [1.29, 1.82) is 0 Å². The molecule has 0 radical (unpaired) electrons. The van der Waals surface area contributed by atoms with Crippen LogP contribution in [0.3, 0.4) is 0 Å². The highest BCUT2D eigenvalue weighted by molar-refractivity contribution is 5.37. The Morgan fingerprint density at radius 1 is 1.20 bits per heavy atom. The predicted molar refractivity (Wildman–Crippen MR) is 64.0 cm³/mol. The molecule has 0 heterocycles. The summed E-state index contributed by atoms with van der Waals surface area (Å²) in [5.74, 6) is 0. The van der Waals surface area contributed by atoms with Gasteiger partial charge in [0, 0.05) is 0 Å². The second-order valence-corrected chi connectivity index (χ2v) is 4.31. The van der Waals surface area contributed by atoms with E-state index in [4.69, 9.17) is 5.73 Å². The monoisotopic (exact) mass is 207 g/mol. The van der Waals surface area contributed by atoms with Gasteiger partial charge in [-0.3, -0.25) is 0 Å². The van der Waals surface area contributed by atoms with Crippen LogP contribution >= 0.6 is 0 Å². The third kappa shape index (κ3) is 3.33. The lowest BCUT2D eigenvalue weighted by Gasteiger charge is -2.15. The molecule has 1 aromatic carbocycles. The highest BCUT2D eigenvalue weighted by Crippen LogP contribution is 2.18. The van der Waals surface area contributed by atoms with Gasteiger partial charge in [-0.05, 0) is 56.8 Å². The van der Waals surface area contributed by atoms with Crippen molar-refractivity contribution >= 4 is 0 Å². The minimum atomic E-state index is -0.310. The summed E-state index contributed by atoms with van der Waals surface area (Å²) in [6.07, 6.45) is 1.08. The van der Waals surface area contributed by atoms with Crippen molar-refractivity contribution in [3.05, 3.63) is 34.4 Å². The van der Waals surface area contributed by atoms with Gasteiger partial charge in [0.2, 0.25) is 0 Å².